The maximum Gasteiger partial charge on any atom is 0.0716 e. The second-order valence-electron chi connectivity index (χ2n) is 13.4. The summed E-state index contributed by atoms with van der Waals surface area (Å²) in [5.74, 6) is 0. The Morgan fingerprint density at radius 3 is 1.42 bits per heavy atom. The topological polar surface area (TPSA) is 25.8 Å². The highest BCUT2D eigenvalue weighted by molar-refractivity contribution is 6.25. The van der Waals surface area contributed by atoms with E-state index in [4.69, 9.17) is 9.97 Å². The van der Waals surface area contributed by atoms with Crippen LogP contribution in [0.1, 0.15) is 0 Å². The predicted molar refractivity (Wildman–Crippen MR) is 219 cm³/mol. The second kappa shape index (κ2) is 12.5. The zero-order valence-electron chi connectivity index (χ0n) is 28.4. The lowest BCUT2D eigenvalue weighted by Gasteiger charge is -2.13. The number of hydrogen-bond acceptors (Lipinski definition) is 2. The van der Waals surface area contributed by atoms with Crippen molar-refractivity contribution in [1.82, 2.24) is 9.97 Å². The molecule has 0 bridgehead atoms. The van der Waals surface area contributed by atoms with Gasteiger partial charge in [-0.25, -0.2) is 4.98 Å². The Labute approximate surface area is 302 Å². The molecule has 0 saturated heterocycles. The molecule has 0 aliphatic rings. The van der Waals surface area contributed by atoms with Gasteiger partial charge in [-0.1, -0.05) is 152 Å². The molecule has 0 N–H and O–H groups in total. The molecule has 2 aromatic heterocycles. The van der Waals surface area contributed by atoms with Gasteiger partial charge in [-0.15, -0.1) is 0 Å². The van der Waals surface area contributed by atoms with Gasteiger partial charge >= 0.3 is 0 Å². The molecule has 10 aromatic rings. The number of rotatable bonds is 5. The van der Waals surface area contributed by atoms with Crippen LogP contribution >= 0.6 is 0 Å². The molecule has 8 aromatic carbocycles. The third kappa shape index (κ3) is 5.21. The predicted octanol–water partition coefficient (Wildman–Crippen LogP) is 13.4. The molecule has 0 unspecified atom stereocenters. The van der Waals surface area contributed by atoms with E-state index in [1.165, 1.54) is 49.0 Å². The lowest BCUT2D eigenvalue weighted by molar-refractivity contribution is 1.32. The number of benzene rings is 8. The van der Waals surface area contributed by atoms with E-state index in [1.54, 1.807) is 0 Å². The average Bonchev–Trinajstić information content (AvgIpc) is 3.23. The van der Waals surface area contributed by atoms with E-state index < -0.39 is 0 Å². The van der Waals surface area contributed by atoms with Gasteiger partial charge in [0.05, 0.1) is 16.9 Å². The van der Waals surface area contributed by atoms with Crippen LogP contribution in [0.5, 0.6) is 0 Å². The minimum absolute atomic E-state index is 0.937. The Kier molecular flexibility index (Phi) is 7.18. The number of pyridine rings is 2. The first-order valence-corrected chi connectivity index (χ1v) is 17.7. The Balaban J connectivity index is 1.04. The van der Waals surface area contributed by atoms with Crippen molar-refractivity contribution in [3.05, 3.63) is 194 Å². The fraction of sp³-hybridized carbons (Fsp3) is 0. The highest BCUT2D eigenvalue weighted by atomic mass is 14.7. The van der Waals surface area contributed by atoms with Crippen molar-refractivity contribution in [3.8, 4) is 55.9 Å². The summed E-state index contributed by atoms with van der Waals surface area (Å²) < 4.78 is 0. The summed E-state index contributed by atoms with van der Waals surface area (Å²) in [4.78, 5) is 10.00. The molecular weight excluding hydrogens is 629 g/mol. The molecule has 2 nitrogen and oxygen atoms in total. The number of nitrogens with zero attached hydrogens (tertiary/aromatic N) is 2. The van der Waals surface area contributed by atoms with Gasteiger partial charge in [0.15, 0.2) is 0 Å². The molecule has 242 valence electrons. The number of hydrogen-bond donors (Lipinski definition) is 0. The van der Waals surface area contributed by atoms with E-state index in [1.807, 2.05) is 24.4 Å². The van der Waals surface area contributed by atoms with Gasteiger partial charge in [-0.3, -0.25) is 4.98 Å². The van der Waals surface area contributed by atoms with Crippen LogP contribution in [0.4, 0.5) is 0 Å². The SMILES string of the molecule is c1ccc(-c2ccc(-c3cc(-c4cccc(-c5cccc(-c6ccc7c8ccccc8c8ccccc8c7c6)c5)c4)nc4ccccc34)cn2)cc1. The van der Waals surface area contributed by atoms with Crippen LogP contribution in [-0.2, 0) is 0 Å². The van der Waals surface area contributed by atoms with Gasteiger partial charge in [0, 0.05) is 28.3 Å². The van der Waals surface area contributed by atoms with Crippen LogP contribution in [0.2, 0.25) is 0 Å². The van der Waals surface area contributed by atoms with Crippen LogP contribution in [-0.4, -0.2) is 9.97 Å². The smallest absolute Gasteiger partial charge is 0.0716 e. The van der Waals surface area contributed by atoms with Gasteiger partial charge in [0.2, 0.25) is 0 Å². The van der Waals surface area contributed by atoms with Crippen molar-refractivity contribution < 1.29 is 0 Å². The molecule has 2 heteroatoms. The average molecular weight is 661 g/mol. The molecule has 0 amide bonds. The minimum atomic E-state index is 0.937. The second-order valence-corrected chi connectivity index (χ2v) is 13.4. The van der Waals surface area contributed by atoms with Gasteiger partial charge in [0.1, 0.15) is 0 Å². The molecule has 0 aliphatic heterocycles. The fourth-order valence-corrected chi connectivity index (χ4v) is 7.72. The first-order chi connectivity index (χ1) is 25.8. The van der Waals surface area contributed by atoms with Crippen LogP contribution in [0.25, 0.3) is 99.1 Å². The highest BCUT2D eigenvalue weighted by Gasteiger charge is 2.13. The molecule has 52 heavy (non-hydrogen) atoms. The zero-order valence-corrected chi connectivity index (χ0v) is 28.4. The Hall–Kier alpha value is -6.90. The third-order valence-electron chi connectivity index (χ3n) is 10.3. The van der Waals surface area contributed by atoms with Gasteiger partial charge in [-0.2, -0.15) is 0 Å². The quantitative estimate of drug-likeness (QED) is 0.172. The Morgan fingerprint density at radius 2 is 0.769 bits per heavy atom. The van der Waals surface area contributed by atoms with Crippen molar-refractivity contribution in [2.24, 2.45) is 0 Å². The Bertz CT molecular complexity index is 2910. The molecule has 0 spiro atoms. The molecule has 10 rings (SSSR count). The minimum Gasteiger partial charge on any atom is -0.256 e. The standard InChI is InChI=1S/C50H32N2/c1-2-12-33(13-3-1)48-27-25-39(32-51-48)46-31-50(52-49-23-9-8-22-45(46)49)38-17-11-16-36(29-38)34-14-10-15-35(28-34)37-24-26-44-42-20-5-4-18-40(42)41-19-6-7-21-43(41)47(44)30-37/h1-32H. The zero-order chi connectivity index (χ0) is 34.4. The van der Waals surface area contributed by atoms with Crippen LogP contribution in [0.15, 0.2) is 194 Å². The summed E-state index contributed by atoms with van der Waals surface area (Å²) in [6, 6.07) is 67.2. The molecule has 0 atom stereocenters. The summed E-state index contributed by atoms with van der Waals surface area (Å²) in [6.07, 6.45) is 1.98. The molecule has 0 radical (unpaired) electrons. The Morgan fingerprint density at radius 1 is 0.269 bits per heavy atom. The first-order valence-electron chi connectivity index (χ1n) is 17.7. The van der Waals surface area contributed by atoms with Gasteiger partial charge in [-0.05, 0) is 96.5 Å². The molecule has 0 fully saturated rings. The summed E-state index contributed by atoms with van der Waals surface area (Å²) >= 11 is 0. The normalized spacial score (nSPS) is 11.5. The van der Waals surface area contributed by atoms with Crippen molar-refractivity contribution in [3.63, 3.8) is 0 Å². The molecule has 0 saturated carbocycles. The van der Waals surface area contributed by atoms with Crippen LogP contribution < -0.4 is 0 Å². The van der Waals surface area contributed by atoms with Crippen molar-refractivity contribution in [2.45, 2.75) is 0 Å². The largest absolute Gasteiger partial charge is 0.256 e. The molecule has 2 heterocycles. The monoisotopic (exact) mass is 660 g/mol. The van der Waals surface area contributed by atoms with E-state index in [9.17, 15) is 0 Å². The van der Waals surface area contributed by atoms with Crippen molar-refractivity contribution in [1.29, 1.82) is 0 Å². The maximum atomic E-state index is 5.15. The van der Waals surface area contributed by atoms with Gasteiger partial charge in [0.25, 0.3) is 0 Å². The van der Waals surface area contributed by atoms with E-state index >= 15 is 0 Å². The third-order valence-corrected chi connectivity index (χ3v) is 10.3. The van der Waals surface area contributed by atoms with E-state index in [-0.39, 0.29) is 0 Å². The summed E-state index contributed by atoms with van der Waals surface area (Å²) in [5, 5.41) is 8.84. The van der Waals surface area contributed by atoms with E-state index in [0.717, 1.165) is 50.1 Å². The van der Waals surface area contributed by atoms with Crippen molar-refractivity contribution in [2.75, 3.05) is 0 Å². The summed E-state index contributed by atoms with van der Waals surface area (Å²) in [7, 11) is 0. The first kappa shape index (κ1) is 30.0. The number of aromatic nitrogens is 2. The van der Waals surface area contributed by atoms with Crippen LogP contribution in [0, 0.1) is 0 Å². The van der Waals surface area contributed by atoms with E-state index in [0.29, 0.717) is 0 Å². The number of fused-ring (bicyclic) bond motifs is 7. The lowest BCUT2D eigenvalue weighted by atomic mass is 9.91. The lowest BCUT2D eigenvalue weighted by Crippen LogP contribution is -1.91. The summed E-state index contributed by atoms with van der Waals surface area (Å²) in [5.41, 5.74) is 12.0. The molecule has 0 aliphatic carbocycles. The highest BCUT2D eigenvalue weighted by Crippen LogP contribution is 2.38. The summed E-state index contributed by atoms with van der Waals surface area (Å²) in [6.45, 7) is 0. The number of para-hydroxylation sites is 1. The van der Waals surface area contributed by atoms with Crippen molar-refractivity contribution >= 4 is 43.2 Å². The molecular formula is C50H32N2. The van der Waals surface area contributed by atoms with Crippen LogP contribution in [0.3, 0.4) is 0 Å². The fourth-order valence-electron chi connectivity index (χ4n) is 7.72. The van der Waals surface area contributed by atoms with E-state index in [2.05, 4.69) is 170 Å². The maximum absolute atomic E-state index is 5.15. The van der Waals surface area contributed by atoms with Gasteiger partial charge < -0.3 is 0 Å².